The van der Waals surface area contributed by atoms with Crippen molar-refractivity contribution in [1.82, 2.24) is 14.9 Å². The van der Waals surface area contributed by atoms with Gasteiger partial charge in [0.2, 0.25) is 0 Å². The molecule has 2 aromatic carbocycles. The van der Waals surface area contributed by atoms with Gasteiger partial charge in [-0.25, -0.2) is 9.97 Å². The first-order valence-corrected chi connectivity index (χ1v) is 10.6. The summed E-state index contributed by atoms with van der Waals surface area (Å²) in [6.45, 7) is 1.59. The zero-order valence-corrected chi connectivity index (χ0v) is 17.6. The van der Waals surface area contributed by atoms with Gasteiger partial charge in [0.05, 0.1) is 36.7 Å². The molecule has 0 radical (unpaired) electrons. The molecular weight excluding hydrogens is 390 g/mol. The van der Waals surface area contributed by atoms with Crippen LogP contribution in [0.15, 0.2) is 47.8 Å². The molecule has 0 aliphatic carbocycles. The highest BCUT2D eigenvalue weighted by atomic mass is 32.1. The second-order valence-corrected chi connectivity index (χ2v) is 8.43. The third-order valence-corrected chi connectivity index (χ3v) is 6.32. The molecular formula is C21H21N3O2S2. The Bertz CT molecular complexity index is 1060. The van der Waals surface area contributed by atoms with Crippen LogP contribution in [0.3, 0.4) is 0 Å². The molecule has 0 atom stereocenters. The lowest BCUT2D eigenvalue weighted by Crippen LogP contribution is -2.17. The molecule has 0 amide bonds. The third kappa shape index (κ3) is 4.01. The average molecular weight is 412 g/mol. The fourth-order valence-electron chi connectivity index (χ4n) is 3.03. The Labute approximate surface area is 172 Å². The molecule has 4 aromatic rings. The Morgan fingerprint density at radius 1 is 0.964 bits per heavy atom. The minimum Gasteiger partial charge on any atom is -0.493 e. The van der Waals surface area contributed by atoms with Crippen molar-refractivity contribution in [2.24, 2.45) is 0 Å². The van der Waals surface area contributed by atoms with Gasteiger partial charge >= 0.3 is 0 Å². The number of aromatic nitrogens is 2. The van der Waals surface area contributed by atoms with E-state index in [2.05, 4.69) is 35.5 Å². The maximum Gasteiger partial charge on any atom is 0.161 e. The van der Waals surface area contributed by atoms with E-state index in [-0.39, 0.29) is 0 Å². The van der Waals surface area contributed by atoms with Crippen LogP contribution in [0.25, 0.3) is 20.8 Å². The summed E-state index contributed by atoms with van der Waals surface area (Å²) in [5, 5.41) is 4.21. The van der Waals surface area contributed by atoms with E-state index in [0.29, 0.717) is 5.75 Å². The summed E-state index contributed by atoms with van der Waals surface area (Å²) in [7, 11) is 5.38. The molecule has 28 heavy (non-hydrogen) atoms. The topological polar surface area (TPSA) is 47.5 Å². The number of hydrogen-bond acceptors (Lipinski definition) is 7. The van der Waals surface area contributed by atoms with E-state index in [1.807, 2.05) is 24.3 Å². The lowest BCUT2D eigenvalue weighted by Gasteiger charge is -2.13. The molecule has 144 valence electrons. The number of methoxy groups -OCH3 is 2. The maximum absolute atomic E-state index is 5.40. The first-order chi connectivity index (χ1) is 13.7. The lowest BCUT2D eigenvalue weighted by atomic mass is 10.2. The van der Waals surface area contributed by atoms with E-state index < -0.39 is 0 Å². The van der Waals surface area contributed by atoms with E-state index in [4.69, 9.17) is 19.4 Å². The molecule has 2 heterocycles. The minimum atomic E-state index is 0.713. The second-order valence-electron chi connectivity index (χ2n) is 6.46. The van der Waals surface area contributed by atoms with Gasteiger partial charge in [-0.15, -0.1) is 22.7 Å². The van der Waals surface area contributed by atoms with Crippen LogP contribution in [-0.2, 0) is 13.1 Å². The zero-order chi connectivity index (χ0) is 19.5. The Balaban J connectivity index is 1.45. The van der Waals surface area contributed by atoms with Crippen LogP contribution in [0.2, 0.25) is 0 Å². The Hall–Kier alpha value is -2.48. The lowest BCUT2D eigenvalue weighted by molar-refractivity contribution is 0.315. The van der Waals surface area contributed by atoms with E-state index in [1.165, 1.54) is 4.70 Å². The minimum absolute atomic E-state index is 0.713. The van der Waals surface area contributed by atoms with Gasteiger partial charge in [-0.1, -0.05) is 12.1 Å². The van der Waals surface area contributed by atoms with Gasteiger partial charge in [0.15, 0.2) is 11.5 Å². The van der Waals surface area contributed by atoms with Gasteiger partial charge in [-0.2, -0.15) is 0 Å². The van der Waals surface area contributed by atoms with Gasteiger partial charge in [-0.05, 0) is 37.4 Å². The monoisotopic (exact) mass is 411 g/mol. The summed E-state index contributed by atoms with van der Waals surface area (Å²) in [5.41, 5.74) is 3.15. The Morgan fingerprint density at radius 2 is 1.79 bits per heavy atom. The molecule has 7 heteroatoms. The van der Waals surface area contributed by atoms with Crippen LogP contribution < -0.4 is 9.47 Å². The second kappa shape index (κ2) is 8.26. The van der Waals surface area contributed by atoms with Crippen molar-refractivity contribution in [1.29, 1.82) is 0 Å². The van der Waals surface area contributed by atoms with Crippen molar-refractivity contribution in [3.05, 3.63) is 58.5 Å². The first kappa shape index (κ1) is 18.9. The predicted octanol–water partition coefficient (Wildman–Crippen LogP) is 5.07. The normalized spacial score (nSPS) is 11.3. The molecule has 0 bridgehead atoms. The van der Waals surface area contributed by atoms with Crippen molar-refractivity contribution in [2.75, 3.05) is 21.3 Å². The predicted molar refractivity (Wildman–Crippen MR) is 115 cm³/mol. The molecule has 2 aromatic heterocycles. The van der Waals surface area contributed by atoms with Crippen LogP contribution in [0.4, 0.5) is 0 Å². The van der Waals surface area contributed by atoms with Gasteiger partial charge in [0.1, 0.15) is 10.0 Å². The fraction of sp³-hybridized carbons (Fsp3) is 0.238. The highest BCUT2D eigenvalue weighted by molar-refractivity contribution is 7.18. The third-order valence-electron chi connectivity index (χ3n) is 4.36. The fourth-order valence-corrected chi connectivity index (χ4v) is 4.89. The number of nitrogens with zero attached hydrogens (tertiary/aromatic N) is 3. The summed E-state index contributed by atoms with van der Waals surface area (Å²) in [4.78, 5) is 11.8. The van der Waals surface area contributed by atoms with Crippen LogP contribution in [-0.4, -0.2) is 36.1 Å². The van der Waals surface area contributed by atoms with Crippen LogP contribution in [0.5, 0.6) is 11.5 Å². The molecule has 0 aliphatic heterocycles. The summed E-state index contributed by atoms with van der Waals surface area (Å²) in [5.74, 6) is 1.43. The van der Waals surface area contributed by atoms with Gasteiger partial charge in [-0.3, -0.25) is 4.90 Å². The summed E-state index contributed by atoms with van der Waals surface area (Å²) < 4.78 is 11.9. The summed E-state index contributed by atoms with van der Waals surface area (Å²) >= 11 is 3.39. The van der Waals surface area contributed by atoms with E-state index in [9.17, 15) is 0 Å². The zero-order valence-electron chi connectivity index (χ0n) is 16.0. The molecule has 0 unspecified atom stereocenters. The number of hydrogen-bond donors (Lipinski definition) is 0. The van der Waals surface area contributed by atoms with Crippen molar-refractivity contribution in [3.63, 3.8) is 0 Å². The van der Waals surface area contributed by atoms with Gasteiger partial charge < -0.3 is 9.47 Å². The number of fused-ring (bicyclic) bond motifs is 1. The molecule has 0 spiro atoms. The van der Waals surface area contributed by atoms with E-state index in [1.54, 1.807) is 36.9 Å². The maximum atomic E-state index is 5.40. The van der Waals surface area contributed by atoms with E-state index in [0.717, 1.165) is 45.6 Å². The molecule has 0 fully saturated rings. The molecule has 0 aliphatic rings. The highest BCUT2D eigenvalue weighted by Crippen LogP contribution is 2.33. The van der Waals surface area contributed by atoms with Crippen molar-refractivity contribution in [2.45, 2.75) is 13.1 Å². The van der Waals surface area contributed by atoms with Crippen LogP contribution in [0.1, 0.15) is 10.7 Å². The van der Waals surface area contributed by atoms with E-state index >= 15 is 0 Å². The number of para-hydroxylation sites is 1. The number of ether oxygens (including phenoxy) is 2. The van der Waals surface area contributed by atoms with Crippen molar-refractivity contribution in [3.8, 4) is 22.1 Å². The number of benzene rings is 2. The van der Waals surface area contributed by atoms with Crippen LogP contribution in [0, 0.1) is 0 Å². The molecule has 4 rings (SSSR count). The SMILES string of the molecule is COc1ccc(-c2nc(CN(C)Cc3nc4ccccc4s3)cs2)cc1OC. The summed E-state index contributed by atoms with van der Waals surface area (Å²) in [6.07, 6.45) is 0. The summed E-state index contributed by atoms with van der Waals surface area (Å²) in [6, 6.07) is 14.1. The average Bonchev–Trinajstić information content (AvgIpc) is 3.33. The molecule has 0 saturated carbocycles. The van der Waals surface area contributed by atoms with Crippen molar-refractivity contribution >= 4 is 32.9 Å². The smallest absolute Gasteiger partial charge is 0.161 e. The molecule has 0 saturated heterocycles. The number of rotatable bonds is 7. The standard InChI is InChI=1S/C21H21N3O2S2/c1-24(12-20-23-16-6-4-5-7-19(16)28-20)11-15-13-27-21(22-15)14-8-9-17(25-2)18(10-14)26-3/h4-10,13H,11-12H2,1-3H3. The molecule has 5 nitrogen and oxygen atoms in total. The quantitative estimate of drug-likeness (QED) is 0.425. The largest absolute Gasteiger partial charge is 0.493 e. The Kier molecular flexibility index (Phi) is 5.57. The first-order valence-electron chi connectivity index (χ1n) is 8.86. The molecule has 0 N–H and O–H groups in total. The van der Waals surface area contributed by atoms with Crippen molar-refractivity contribution < 1.29 is 9.47 Å². The van der Waals surface area contributed by atoms with Crippen LogP contribution >= 0.6 is 22.7 Å². The van der Waals surface area contributed by atoms with Gasteiger partial charge in [0, 0.05) is 17.5 Å². The Morgan fingerprint density at radius 3 is 2.57 bits per heavy atom. The number of thiazole rings is 2. The highest BCUT2D eigenvalue weighted by Gasteiger charge is 2.12. The van der Waals surface area contributed by atoms with Gasteiger partial charge in [0.25, 0.3) is 0 Å².